The maximum Gasteiger partial charge on any atom is 0.115 e. The lowest BCUT2D eigenvalue weighted by atomic mass is 9.90. The first-order valence-corrected chi connectivity index (χ1v) is 6.90. The van der Waals surface area contributed by atoms with Gasteiger partial charge in [0.15, 0.2) is 0 Å². The Morgan fingerprint density at radius 2 is 2.06 bits per heavy atom. The predicted molar refractivity (Wildman–Crippen MR) is 74.6 cm³/mol. The number of piperidine rings is 1. The second-order valence-corrected chi connectivity index (χ2v) is 5.25. The number of aromatic hydroxyl groups is 1. The molecule has 0 aromatic heterocycles. The van der Waals surface area contributed by atoms with Crippen LogP contribution in [0.5, 0.6) is 5.75 Å². The molecule has 2 unspecified atom stereocenters. The summed E-state index contributed by atoms with van der Waals surface area (Å²) in [7, 11) is 2.07. The molecule has 2 N–H and O–H groups in total. The van der Waals surface area contributed by atoms with E-state index >= 15 is 0 Å². The van der Waals surface area contributed by atoms with E-state index in [9.17, 15) is 5.11 Å². The zero-order chi connectivity index (χ0) is 13.0. The number of phenolic OH excluding ortho intramolecular Hbond substituents is 1. The maximum absolute atomic E-state index is 9.29. The van der Waals surface area contributed by atoms with Gasteiger partial charge in [0.05, 0.1) is 0 Å². The summed E-state index contributed by atoms with van der Waals surface area (Å²) in [6, 6.07) is 8.24. The third kappa shape index (κ3) is 3.24. The number of rotatable bonds is 4. The molecule has 0 aliphatic carbocycles. The van der Waals surface area contributed by atoms with E-state index in [0.29, 0.717) is 11.8 Å². The van der Waals surface area contributed by atoms with Gasteiger partial charge in [-0.15, -0.1) is 0 Å². The quantitative estimate of drug-likeness (QED) is 0.857. The second-order valence-electron chi connectivity index (χ2n) is 5.25. The summed E-state index contributed by atoms with van der Waals surface area (Å²) in [5.41, 5.74) is 1.28. The van der Waals surface area contributed by atoms with Crippen molar-refractivity contribution in [3.8, 4) is 5.75 Å². The molecule has 0 saturated carbocycles. The summed E-state index contributed by atoms with van der Waals surface area (Å²) in [4.78, 5) is 2.52. The number of likely N-dealkylation sites (tertiary alicyclic amines) is 1. The fourth-order valence-electron chi connectivity index (χ4n) is 2.90. The van der Waals surface area contributed by atoms with Crippen molar-refractivity contribution < 1.29 is 5.11 Å². The highest BCUT2D eigenvalue weighted by Crippen LogP contribution is 2.22. The van der Waals surface area contributed by atoms with Gasteiger partial charge in [0, 0.05) is 19.1 Å². The van der Waals surface area contributed by atoms with E-state index in [1.165, 1.54) is 24.9 Å². The Morgan fingerprint density at radius 1 is 1.33 bits per heavy atom. The van der Waals surface area contributed by atoms with Crippen LogP contribution < -0.4 is 5.32 Å². The van der Waals surface area contributed by atoms with Crippen LogP contribution in [-0.4, -0.2) is 36.2 Å². The molecular weight excluding hydrogens is 224 g/mol. The zero-order valence-electron chi connectivity index (χ0n) is 11.4. The molecule has 0 spiro atoms. The Bertz CT molecular complexity index is 363. The van der Waals surface area contributed by atoms with Gasteiger partial charge in [0.25, 0.3) is 0 Å². The van der Waals surface area contributed by atoms with Crippen LogP contribution in [0.4, 0.5) is 0 Å². The van der Waals surface area contributed by atoms with E-state index in [-0.39, 0.29) is 0 Å². The standard InChI is InChI=1S/C15H24N2O/c1-3-13-11-17(9-8-15(13)16-2)10-12-4-6-14(18)7-5-12/h4-7,13,15-16,18H,3,8-11H2,1-2H3. The Balaban J connectivity index is 1.93. The van der Waals surface area contributed by atoms with Gasteiger partial charge in [-0.05, 0) is 43.6 Å². The molecule has 2 atom stereocenters. The first-order valence-electron chi connectivity index (χ1n) is 6.90. The van der Waals surface area contributed by atoms with Crippen molar-refractivity contribution in [2.75, 3.05) is 20.1 Å². The number of hydrogen-bond acceptors (Lipinski definition) is 3. The van der Waals surface area contributed by atoms with Crippen LogP contribution in [0.25, 0.3) is 0 Å². The molecule has 1 aliphatic rings. The van der Waals surface area contributed by atoms with E-state index in [2.05, 4.69) is 24.2 Å². The maximum atomic E-state index is 9.29. The van der Waals surface area contributed by atoms with Crippen LogP contribution in [0, 0.1) is 5.92 Å². The summed E-state index contributed by atoms with van der Waals surface area (Å²) in [6.07, 6.45) is 2.46. The number of nitrogens with zero attached hydrogens (tertiary/aromatic N) is 1. The van der Waals surface area contributed by atoms with Crippen LogP contribution in [-0.2, 0) is 6.54 Å². The summed E-state index contributed by atoms with van der Waals surface area (Å²) >= 11 is 0. The van der Waals surface area contributed by atoms with Crippen molar-refractivity contribution in [3.63, 3.8) is 0 Å². The minimum absolute atomic E-state index is 0.346. The van der Waals surface area contributed by atoms with Crippen molar-refractivity contribution >= 4 is 0 Å². The zero-order valence-corrected chi connectivity index (χ0v) is 11.4. The van der Waals surface area contributed by atoms with Gasteiger partial charge >= 0.3 is 0 Å². The number of nitrogens with one attached hydrogen (secondary N) is 1. The molecule has 3 heteroatoms. The SMILES string of the molecule is CCC1CN(Cc2ccc(O)cc2)CCC1NC. The van der Waals surface area contributed by atoms with Crippen molar-refractivity contribution in [1.29, 1.82) is 0 Å². The van der Waals surface area contributed by atoms with Crippen molar-refractivity contribution in [2.24, 2.45) is 5.92 Å². The molecular formula is C15H24N2O. The third-order valence-electron chi connectivity index (χ3n) is 4.06. The van der Waals surface area contributed by atoms with Crippen LogP contribution >= 0.6 is 0 Å². The minimum Gasteiger partial charge on any atom is -0.508 e. The fraction of sp³-hybridized carbons (Fsp3) is 0.600. The highest BCUT2D eigenvalue weighted by atomic mass is 16.3. The molecule has 18 heavy (non-hydrogen) atoms. The monoisotopic (exact) mass is 248 g/mol. The highest BCUT2D eigenvalue weighted by molar-refractivity contribution is 5.25. The Morgan fingerprint density at radius 3 is 2.67 bits per heavy atom. The van der Waals surface area contributed by atoms with Gasteiger partial charge in [0.1, 0.15) is 5.75 Å². The van der Waals surface area contributed by atoms with E-state index in [0.717, 1.165) is 19.0 Å². The number of phenols is 1. The Labute approximate surface area is 110 Å². The molecule has 0 radical (unpaired) electrons. The molecule has 1 fully saturated rings. The molecule has 1 heterocycles. The van der Waals surface area contributed by atoms with Crippen molar-refractivity contribution in [3.05, 3.63) is 29.8 Å². The van der Waals surface area contributed by atoms with Gasteiger partial charge in [-0.1, -0.05) is 25.5 Å². The molecule has 0 bridgehead atoms. The smallest absolute Gasteiger partial charge is 0.115 e. The molecule has 2 rings (SSSR count). The number of hydrogen-bond donors (Lipinski definition) is 2. The number of benzene rings is 1. The topological polar surface area (TPSA) is 35.5 Å². The van der Waals surface area contributed by atoms with Crippen LogP contribution in [0.3, 0.4) is 0 Å². The van der Waals surface area contributed by atoms with Gasteiger partial charge in [0.2, 0.25) is 0 Å². The van der Waals surface area contributed by atoms with Crippen LogP contribution in [0.1, 0.15) is 25.3 Å². The first kappa shape index (κ1) is 13.4. The molecule has 0 amide bonds. The predicted octanol–water partition coefficient (Wildman–Crippen LogP) is 2.21. The van der Waals surface area contributed by atoms with Gasteiger partial charge < -0.3 is 10.4 Å². The third-order valence-corrected chi connectivity index (χ3v) is 4.06. The summed E-state index contributed by atoms with van der Waals surface area (Å²) in [5, 5.41) is 12.7. The minimum atomic E-state index is 0.346. The van der Waals surface area contributed by atoms with Crippen LogP contribution in [0.15, 0.2) is 24.3 Å². The fourth-order valence-corrected chi connectivity index (χ4v) is 2.90. The van der Waals surface area contributed by atoms with Gasteiger partial charge in [-0.3, -0.25) is 4.90 Å². The first-order chi connectivity index (χ1) is 8.72. The molecule has 1 aromatic rings. The van der Waals surface area contributed by atoms with Crippen molar-refractivity contribution in [1.82, 2.24) is 10.2 Å². The Hall–Kier alpha value is -1.06. The van der Waals surface area contributed by atoms with Gasteiger partial charge in [-0.2, -0.15) is 0 Å². The molecule has 100 valence electrons. The summed E-state index contributed by atoms with van der Waals surface area (Å²) in [6.45, 7) is 5.60. The van der Waals surface area contributed by atoms with Crippen molar-refractivity contribution in [2.45, 2.75) is 32.4 Å². The van der Waals surface area contributed by atoms with Gasteiger partial charge in [-0.25, -0.2) is 0 Å². The second kappa shape index (κ2) is 6.21. The van der Waals surface area contributed by atoms with E-state index in [4.69, 9.17) is 0 Å². The average molecular weight is 248 g/mol. The molecule has 1 aliphatic heterocycles. The lowest BCUT2D eigenvalue weighted by molar-refractivity contribution is 0.132. The Kier molecular flexibility index (Phi) is 4.61. The average Bonchev–Trinajstić information content (AvgIpc) is 2.41. The molecule has 1 aromatic carbocycles. The lowest BCUT2D eigenvalue weighted by Gasteiger charge is -2.38. The van der Waals surface area contributed by atoms with E-state index in [1.807, 2.05) is 12.1 Å². The van der Waals surface area contributed by atoms with E-state index in [1.54, 1.807) is 12.1 Å². The largest absolute Gasteiger partial charge is 0.508 e. The van der Waals surface area contributed by atoms with Crippen LogP contribution in [0.2, 0.25) is 0 Å². The van der Waals surface area contributed by atoms with E-state index < -0.39 is 0 Å². The lowest BCUT2D eigenvalue weighted by Crippen LogP contribution is -2.47. The summed E-state index contributed by atoms with van der Waals surface area (Å²) in [5.74, 6) is 1.10. The normalized spacial score (nSPS) is 25.2. The highest BCUT2D eigenvalue weighted by Gasteiger charge is 2.26. The molecule has 3 nitrogen and oxygen atoms in total. The summed E-state index contributed by atoms with van der Waals surface area (Å²) < 4.78 is 0. The molecule has 1 saturated heterocycles.